The molecular formula is C16H15F2N5O3S. The number of anilines is 1. The molecule has 2 heterocycles. The van der Waals surface area contributed by atoms with E-state index in [1.165, 1.54) is 18.3 Å². The minimum absolute atomic E-state index is 0.128. The highest BCUT2D eigenvalue weighted by Gasteiger charge is 2.31. The Morgan fingerprint density at radius 3 is 2.78 bits per heavy atom. The maximum atomic E-state index is 13.0. The number of amides is 1. The van der Waals surface area contributed by atoms with Gasteiger partial charge in [0.1, 0.15) is 23.3 Å². The first kappa shape index (κ1) is 18.9. The quantitative estimate of drug-likeness (QED) is 0.615. The van der Waals surface area contributed by atoms with Crippen molar-refractivity contribution in [1.82, 2.24) is 9.78 Å². The van der Waals surface area contributed by atoms with Crippen molar-refractivity contribution in [2.24, 2.45) is 0 Å². The van der Waals surface area contributed by atoms with Gasteiger partial charge in [0.15, 0.2) is 0 Å². The number of thiophene rings is 1. The average Bonchev–Trinajstić information content (AvgIpc) is 3.12. The second-order valence-electron chi connectivity index (χ2n) is 6.11. The fraction of sp³-hybridized carbons (Fsp3) is 0.438. The summed E-state index contributed by atoms with van der Waals surface area (Å²) in [7, 11) is 0. The van der Waals surface area contributed by atoms with Crippen molar-refractivity contribution in [2.75, 3.05) is 5.32 Å². The SMILES string of the molecule is Cc1c([N+](=O)[O-])c(C(F)F)nn1CC(=O)Nc1sc2c(c1C#N)CCCC2. The lowest BCUT2D eigenvalue weighted by atomic mass is 9.96. The highest BCUT2D eigenvalue weighted by molar-refractivity contribution is 7.16. The lowest BCUT2D eigenvalue weighted by Crippen LogP contribution is -2.20. The van der Waals surface area contributed by atoms with Crippen LogP contribution in [0.15, 0.2) is 0 Å². The van der Waals surface area contributed by atoms with E-state index in [1.54, 1.807) is 0 Å². The molecule has 1 aliphatic rings. The predicted octanol–water partition coefficient (Wildman–Crippen LogP) is 3.49. The Morgan fingerprint density at radius 2 is 2.19 bits per heavy atom. The maximum absolute atomic E-state index is 13.0. The van der Waals surface area contributed by atoms with Crippen molar-refractivity contribution in [3.05, 3.63) is 37.5 Å². The van der Waals surface area contributed by atoms with Crippen LogP contribution in [0.2, 0.25) is 0 Å². The van der Waals surface area contributed by atoms with Gasteiger partial charge in [-0.1, -0.05) is 0 Å². The summed E-state index contributed by atoms with van der Waals surface area (Å²) in [5.74, 6) is -0.591. The van der Waals surface area contributed by atoms with Crippen LogP contribution in [-0.4, -0.2) is 20.6 Å². The first-order chi connectivity index (χ1) is 12.8. The van der Waals surface area contributed by atoms with E-state index >= 15 is 0 Å². The molecule has 0 fully saturated rings. The van der Waals surface area contributed by atoms with Crippen molar-refractivity contribution in [3.63, 3.8) is 0 Å². The Bertz CT molecular complexity index is 960. The monoisotopic (exact) mass is 395 g/mol. The number of nitrogens with one attached hydrogen (secondary N) is 1. The molecule has 11 heteroatoms. The van der Waals surface area contributed by atoms with Gasteiger partial charge in [-0.3, -0.25) is 19.6 Å². The molecule has 2 aromatic rings. The predicted molar refractivity (Wildman–Crippen MR) is 92.9 cm³/mol. The number of alkyl halides is 2. The smallest absolute Gasteiger partial charge is 0.315 e. The van der Waals surface area contributed by atoms with Crippen LogP contribution < -0.4 is 5.32 Å². The molecule has 8 nitrogen and oxygen atoms in total. The minimum atomic E-state index is -3.12. The van der Waals surface area contributed by atoms with E-state index in [9.17, 15) is 29.0 Å². The molecule has 2 aromatic heterocycles. The zero-order valence-corrected chi connectivity index (χ0v) is 15.1. The summed E-state index contributed by atoms with van der Waals surface area (Å²) < 4.78 is 26.8. The summed E-state index contributed by atoms with van der Waals surface area (Å²) in [6.07, 6.45) is 0.526. The number of nitro groups is 1. The van der Waals surface area contributed by atoms with Gasteiger partial charge < -0.3 is 5.32 Å². The number of nitrogens with zero attached hydrogens (tertiary/aromatic N) is 4. The summed E-state index contributed by atoms with van der Waals surface area (Å²) in [5.41, 5.74) is -0.498. The molecule has 0 saturated heterocycles. The Hall–Kier alpha value is -2.87. The number of aryl methyl sites for hydroxylation is 1. The summed E-state index contributed by atoms with van der Waals surface area (Å²) in [5, 5.41) is 27.0. The van der Waals surface area contributed by atoms with Crippen molar-refractivity contribution in [1.29, 1.82) is 5.26 Å². The van der Waals surface area contributed by atoms with Crippen LogP contribution >= 0.6 is 11.3 Å². The van der Waals surface area contributed by atoms with Crippen molar-refractivity contribution < 1.29 is 18.5 Å². The summed E-state index contributed by atoms with van der Waals surface area (Å²) >= 11 is 1.34. The van der Waals surface area contributed by atoms with Gasteiger partial charge in [-0.05, 0) is 38.2 Å². The molecular weight excluding hydrogens is 380 g/mol. The van der Waals surface area contributed by atoms with Crippen LogP contribution in [0.5, 0.6) is 0 Å². The molecule has 142 valence electrons. The van der Waals surface area contributed by atoms with Crippen LogP contribution in [0, 0.1) is 28.4 Å². The molecule has 1 N–H and O–H groups in total. The van der Waals surface area contributed by atoms with Gasteiger partial charge in [-0.2, -0.15) is 10.4 Å². The average molecular weight is 395 g/mol. The molecule has 0 radical (unpaired) electrons. The topological polar surface area (TPSA) is 114 Å². The van der Waals surface area contributed by atoms with Gasteiger partial charge in [-0.15, -0.1) is 11.3 Å². The first-order valence-electron chi connectivity index (χ1n) is 8.17. The summed E-state index contributed by atoms with van der Waals surface area (Å²) in [4.78, 5) is 23.5. The third kappa shape index (κ3) is 3.52. The van der Waals surface area contributed by atoms with Crippen molar-refractivity contribution in [3.8, 4) is 6.07 Å². The van der Waals surface area contributed by atoms with Gasteiger partial charge in [0.2, 0.25) is 11.6 Å². The normalized spacial score (nSPS) is 13.3. The molecule has 0 saturated carbocycles. The molecule has 0 aromatic carbocycles. The lowest BCUT2D eigenvalue weighted by molar-refractivity contribution is -0.386. The molecule has 0 unspecified atom stereocenters. The minimum Gasteiger partial charge on any atom is -0.315 e. The van der Waals surface area contributed by atoms with E-state index in [1.807, 2.05) is 0 Å². The maximum Gasteiger partial charge on any atom is 0.319 e. The molecule has 1 aliphatic carbocycles. The van der Waals surface area contributed by atoms with Crippen molar-refractivity contribution >= 4 is 27.9 Å². The Morgan fingerprint density at radius 1 is 1.48 bits per heavy atom. The van der Waals surface area contributed by atoms with Gasteiger partial charge in [-0.25, -0.2) is 8.78 Å². The second-order valence-corrected chi connectivity index (χ2v) is 7.21. The largest absolute Gasteiger partial charge is 0.319 e. The standard InChI is InChI=1S/C16H15F2N5O3S/c1-8-14(23(25)26)13(15(17)18)21-22(8)7-12(24)20-16-10(6-19)9-4-2-3-5-11(9)27-16/h15H,2-5,7H2,1H3,(H,20,24). The van der Waals surface area contributed by atoms with E-state index in [2.05, 4.69) is 16.5 Å². The number of aromatic nitrogens is 2. The first-order valence-corrected chi connectivity index (χ1v) is 8.99. The number of nitriles is 1. The van der Waals surface area contributed by atoms with Gasteiger partial charge in [0.05, 0.1) is 10.5 Å². The number of hydrogen-bond acceptors (Lipinski definition) is 6. The summed E-state index contributed by atoms with van der Waals surface area (Å²) in [6, 6.07) is 2.11. The van der Waals surface area contributed by atoms with Crippen LogP contribution in [0.1, 0.15) is 46.7 Å². The van der Waals surface area contributed by atoms with Gasteiger partial charge in [0.25, 0.3) is 6.43 Å². The third-order valence-corrected chi connectivity index (χ3v) is 5.63. The zero-order valence-electron chi connectivity index (χ0n) is 14.3. The van der Waals surface area contributed by atoms with E-state index in [4.69, 9.17) is 0 Å². The number of hydrogen-bond donors (Lipinski definition) is 1. The fourth-order valence-electron chi connectivity index (χ4n) is 3.16. The highest BCUT2D eigenvalue weighted by Crippen LogP contribution is 2.37. The van der Waals surface area contributed by atoms with Crippen LogP contribution in [0.25, 0.3) is 0 Å². The highest BCUT2D eigenvalue weighted by atomic mass is 32.1. The fourth-order valence-corrected chi connectivity index (χ4v) is 4.42. The number of fused-ring (bicyclic) bond motifs is 1. The van der Waals surface area contributed by atoms with Crippen molar-refractivity contribution in [2.45, 2.75) is 45.6 Å². The lowest BCUT2D eigenvalue weighted by Gasteiger charge is -2.09. The Balaban J connectivity index is 1.83. The molecule has 0 atom stereocenters. The summed E-state index contributed by atoms with van der Waals surface area (Å²) in [6.45, 7) is 0.793. The van der Waals surface area contributed by atoms with E-state index < -0.39 is 35.2 Å². The molecule has 3 rings (SSSR count). The second kappa shape index (κ2) is 7.40. The number of rotatable bonds is 5. The molecule has 0 spiro atoms. The van der Waals surface area contributed by atoms with Crippen LogP contribution in [0.4, 0.5) is 19.5 Å². The number of carbonyl (C=O) groups is 1. The molecule has 0 bridgehead atoms. The molecule has 27 heavy (non-hydrogen) atoms. The van der Waals surface area contributed by atoms with Crippen LogP contribution in [0.3, 0.4) is 0 Å². The van der Waals surface area contributed by atoms with E-state index in [0.717, 1.165) is 40.8 Å². The third-order valence-electron chi connectivity index (χ3n) is 4.42. The number of carbonyl (C=O) groups excluding carboxylic acids is 1. The molecule has 0 aliphatic heterocycles. The number of halogens is 2. The zero-order chi connectivity index (χ0) is 19.7. The van der Waals surface area contributed by atoms with Gasteiger partial charge in [0, 0.05) is 4.88 Å². The molecule has 1 amide bonds. The Kier molecular flexibility index (Phi) is 5.18. The van der Waals surface area contributed by atoms with Crippen LogP contribution in [-0.2, 0) is 24.2 Å². The Labute approximate surface area is 156 Å². The van der Waals surface area contributed by atoms with E-state index in [0.29, 0.717) is 10.6 Å². The van der Waals surface area contributed by atoms with Gasteiger partial charge >= 0.3 is 5.69 Å². The van der Waals surface area contributed by atoms with E-state index in [-0.39, 0.29) is 5.69 Å².